The van der Waals surface area contributed by atoms with Crippen molar-refractivity contribution in [1.29, 1.82) is 0 Å². The van der Waals surface area contributed by atoms with Crippen LogP contribution in [0.5, 0.6) is 0 Å². The highest BCUT2D eigenvalue weighted by molar-refractivity contribution is 6.15. The topological polar surface area (TPSA) is 20.3 Å². The Labute approximate surface area is 78.8 Å². The Morgan fingerprint density at radius 2 is 1.75 bits per heavy atom. The highest BCUT2D eigenvalue weighted by Gasteiger charge is 2.30. The van der Waals surface area contributed by atoms with Gasteiger partial charge in [-0.25, -0.2) is 0 Å². The maximum atomic E-state index is 11.8. The third-order valence-corrected chi connectivity index (χ3v) is 3.94. The molecule has 0 aliphatic rings. The van der Waals surface area contributed by atoms with Gasteiger partial charge in [0.15, 0.2) is 0 Å². The number of nitrogens with zero attached hydrogens (tertiary/aromatic N) is 1. The molecule has 0 radical (unpaired) electrons. The molecule has 0 spiro atoms. The van der Waals surface area contributed by atoms with Crippen molar-refractivity contribution in [2.24, 2.45) is 5.41 Å². The molecule has 0 N–H and O–H groups in total. The second kappa shape index (κ2) is 4.65. The normalized spacial score (nSPS) is 11.7. The molecular weight excluding hydrogens is 166 g/mol. The molecule has 0 aliphatic carbocycles. The van der Waals surface area contributed by atoms with Crippen LogP contribution in [-0.2, 0) is 4.79 Å². The van der Waals surface area contributed by atoms with Gasteiger partial charge in [0, 0.05) is 12.0 Å². The van der Waals surface area contributed by atoms with Gasteiger partial charge in [0.25, 0.3) is 0 Å². The fourth-order valence-corrected chi connectivity index (χ4v) is 1.70. The van der Waals surface area contributed by atoms with E-state index >= 15 is 0 Å². The standard InChI is InChI=1S/C9H21NOSi/c1-5-9(4,6-2)8(11)10(12)7-3/h5-7H2,1-4,12H3. The van der Waals surface area contributed by atoms with Gasteiger partial charge in [-0.2, -0.15) is 0 Å². The summed E-state index contributed by atoms with van der Waals surface area (Å²) in [7, 11) is 0.847. The van der Waals surface area contributed by atoms with Crippen LogP contribution in [0.1, 0.15) is 40.5 Å². The highest BCUT2D eigenvalue weighted by Crippen LogP contribution is 2.27. The molecule has 0 fully saturated rings. The number of rotatable bonds is 4. The Morgan fingerprint density at radius 3 is 2.00 bits per heavy atom. The van der Waals surface area contributed by atoms with Crippen LogP contribution in [0.3, 0.4) is 0 Å². The molecule has 0 heterocycles. The molecule has 3 heteroatoms. The molecule has 0 saturated heterocycles. The number of amides is 1. The summed E-state index contributed by atoms with van der Waals surface area (Å²) in [5, 5.41) is 0. The van der Waals surface area contributed by atoms with Crippen molar-refractivity contribution < 1.29 is 4.79 Å². The Kier molecular flexibility index (Phi) is 4.53. The van der Waals surface area contributed by atoms with E-state index in [9.17, 15) is 4.79 Å². The minimum atomic E-state index is -0.113. The number of hydrogen-bond acceptors (Lipinski definition) is 1. The average Bonchev–Trinajstić information content (AvgIpc) is 2.14. The SMILES string of the molecule is CCN([SiH3])C(=O)C(C)(CC)CC. The van der Waals surface area contributed by atoms with Crippen molar-refractivity contribution in [2.45, 2.75) is 40.5 Å². The van der Waals surface area contributed by atoms with E-state index in [0.717, 1.165) is 29.8 Å². The van der Waals surface area contributed by atoms with Crippen LogP contribution in [-0.4, -0.2) is 27.4 Å². The van der Waals surface area contributed by atoms with Crippen LogP contribution in [0.25, 0.3) is 0 Å². The summed E-state index contributed by atoms with van der Waals surface area (Å²) in [6, 6.07) is 0. The van der Waals surface area contributed by atoms with Gasteiger partial charge in [-0.05, 0) is 19.8 Å². The van der Waals surface area contributed by atoms with Gasteiger partial charge in [0.1, 0.15) is 10.4 Å². The zero-order valence-electron chi connectivity index (χ0n) is 8.98. The van der Waals surface area contributed by atoms with Crippen molar-refractivity contribution in [3.8, 4) is 0 Å². The fourth-order valence-electron chi connectivity index (χ4n) is 1.16. The van der Waals surface area contributed by atoms with E-state index in [4.69, 9.17) is 0 Å². The zero-order valence-corrected chi connectivity index (χ0v) is 11.0. The van der Waals surface area contributed by atoms with Crippen LogP contribution < -0.4 is 0 Å². The van der Waals surface area contributed by atoms with Gasteiger partial charge in [0.2, 0.25) is 5.91 Å². The van der Waals surface area contributed by atoms with Crippen LogP contribution in [0.2, 0.25) is 0 Å². The molecule has 0 aromatic heterocycles. The van der Waals surface area contributed by atoms with Crippen molar-refractivity contribution in [3.63, 3.8) is 0 Å². The first-order chi connectivity index (χ1) is 5.51. The molecule has 0 bridgehead atoms. The lowest BCUT2D eigenvalue weighted by atomic mass is 9.84. The van der Waals surface area contributed by atoms with E-state index < -0.39 is 0 Å². The summed E-state index contributed by atoms with van der Waals surface area (Å²) < 4.78 is 1.94. The van der Waals surface area contributed by atoms with Crippen LogP contribution in [0.4, 0.5) is 0 Å². The van der Waals surface area contributed by atoms with Gasteiger partial charge in [0.05, 0.1) is 0 Å². The molecule has 2 nitrogen and oxygen atoms in total. The molecule has 0 rings (SSSR count). The van der Waals surface area contributed by atoms with Gasteiger partial charge < -0.3 is 4.57 Å². The van der Waals surface area contributed by atoms with E-state index in [2.05, 4.69) is 20.8 Å². The van der Waals surface area contributed by atoms with E-state index in [1.165, 1.54) is 0 Å². The van der Waals surface area contributed by atoms with Gasteiger partial charge in [-0.3, -0.25) is 4.79 Å². The highest BCUT2D eigenvalue weighted by atomic mass is 28.2. The summed E-state index contributed by atoms with van der Waals surface area (Å²) in [5.74, 6) is 0.335. The molecule has 0 aliphatic heterocycles. The van der Waals surface area contributed by atoms with Gasteiger partial charge in [-0.1, -0.05) is 20.8 Å². The molecule has 72 valence electrons. The Hall–Kier alpha value is -0.313. The first-order valence-electron chi connectivity index (χ1n) is 4.77. The lowest BCUT2D eigenvalue weighted by molar-refractivity contribution is -0.136. The van der Waals surface area contributed by atoms with E-state index in [-0.39, 0.29) is 5.41 Å². The second-order valence-corrected chi connectivity index (χ2v) is 4.67. The monoisotopic (exact) mass is 187 g/mol. The number of carbonyl (C=O) groups is 1. The Balaban J connectivity index is 4.41. The zero-order chi connectivity index (χ0) is 9.78. The van der Waals surface area contributed by atoms with E-state index in [1.807, 2.05) is 11.5 Å². The van der Waals surface area contributed by atoms with Crippen molar-refractivity contribution in [2.75, 3.05) is 6.54 Å². The lowest BCUT2D eigenvalue weighted by Gasteiger charge is -2.30. The summed E-state index contributed by atoms with van der Waals surface area (Å²) in [6.45, 7) is 9.14. The number of carbonyl (C=O) groups excluding carboxylic acids is 1. The quantitative estimate of drug-likeness (QED) is 0.600. The predicted octanol–water partition coefficient (Wildman–Crippen LogP) is 0.942. The smallest absolute Gasteiger partial charge is 0.219 e. The molecule has 0 aromatic carbocycles. The summed E-state index contributed by atoms with van der Waals surface area (Å²) in [4.78, 5) is 11.8. The third-order valence-electron chi connectivity index (χ3n) is 2.90. The largest absolute Gasteiger partial charge is 0.378 e. The summed E-state index contributed by atoms with van der Waals surface area (Å²) >= 11 is 0. The predicted molar refractivity (Wildman–Crippen MR) is 56.0 cm³/mol. The third kappa shape index (κ3) is 2.34. The van der Waals surface area contributed by atoms with Crippen LogP contribution in [0, 0.1) is 5.41 Å². The maximum Gasteiger partial charge on any atom is 0.219 e. The van der Waals surface area contributed by atoms with Crippen LogP contribution >= 0.6 is 0 Å². The summed E-state index contributed by atoms with van der Waals surface area (Å²) in [5.41, 5.74) is -0.113. The lowest BCUT2D eigenvalue weighted by Crippen LogP contribution is -2.40. The number of hydrogen-bond donors (Lipinski definition) is 0. The van der Waals surface area contributed by atoms with Crippen molar-refractivity contribution in [3.05, 3.63) is 0 Å². The first-order valence-corrected chi connectivity index (χ1v) is 5.66. The molecular formula is C9H21NOSi. The van der Waals surface area contributed by atoms with Gasteiger partial charge in [-0.15, -0.1) is 0 Å². The average molecular weight is 187 g/mol. The van der Waals surface area contributed by atoms with Crippen molar-refractivity contribution >= 4 is 16.3 Å². The van der Waals surface area contributed by atoms with Crippen LogP contribution in [0.15, 0.2) is 0 Å². The van der Waals surface area contributed by atoms with E-state index in [1.54, 1.807) is 0 Å². The second-order valence-electron chi connectivity index (χ2n) is 3.59. The minimum Gasteiger partial charge on any atom is -0.378 e. The molecule has 0 aromatic rings. The van der Waals surface area contributed by atoms with Crippen molar-refractivity contribution in [1.82, 2.24) is 4.57 Å². The van der Waals surface area contributed by atoms with E-state index in [0.29, 0.717) is 5.91 Å². The molecule has 0 unspecified atom stereocenters. The molecule has 12 heavy (non-hydrogen) atoms. The molecule has 0 saturated carbocycles. The maximum absolute atomic E-state index is 11.8. The minimum absolute atomic E-state index is 0.113. The Bertz CT molecular complexity index is 155. The van der Waals surface area contributed by atoms with Gasteiger partial charge >= 0.3 is 0 Å². The molecule has 1 amide bonds. The summed E-state index contributed by atoms with van der Waals surface area (Å²) in [6.07, 6.45) is 1.89. The Morgan fingerprint density at radius 1 is 1.33 bits per heavy atom. The first kappa shape index (κ1) is 11.7. The molecule has 0 atom stereocenters. The fraction of sp³-hybridized carbons (Fsp3) is 0.889.